The van der Waals surface area contributed by atoms with Crippen LogP contribution in [0.15, 0.2) is 51.3 Å². The number of benzene rings is 1. The van der Waals surface area contributed by atoms with Crippen molar-refractivity contribution in [1.29, 1.82) is 0 Å². The van der Waals surface area contributed by atoms with Crippen molar-refractivity contribution in [3.05, 3.63) is 58.8 Å². The molecule has 0 spiro atoms. The van der Waals surface area contributed by atoms with E-state index in [1.807, 2.05) is 19.1 Å². The van der Waals surface area contributed by atoms with Gasteiger partial charge in [-0.15, -0.1) is 0 Å². The number of aromatic nitrogens is 3. The van der Waals surface area contributed by atoms with Crippen LogP contribution in [0.2, 0.25) is 5.02 Å². The highest BCUT2D eigenvalue weighted by Gasteiger charge is 2.07. The standard InChI is InChI=1S/C17H16ClN5O3S/c1-11-3-2-4-14(18)16(11)25-8-13-6-5-12(26-13)7-20-22-15(24)9-27-17-19-10-21-23-17/h2-7,10H,8-9H2,1H3,(H,22,24)(H,19,21,23)/b20-7+. The highest BCUT2D eigenvalue weighted by molar-refractivity contribution is 7.99. The molecule has 1 amide bonds. The molecule has 10 heteroatoms. The van der Waals surface area contributed by atoms with Gasteiger partial charge in [-0.25, -0.2) is 10.4 Å². The van der Waals surface area contributed by atoms with E-state index in [0.29, 0.717) is 27.4 Å². The molecule has 140 valence electrons. The number of nitrogens with zero attached hydrogens (tertiary/aromatic N) is 3. The molecular weight excluding hydrogens is 390 g/mol. The van der Waals surface area contributed by atoms with E-state index in [-0.39, 0.29) is 18.3 Å². The van der Waals surface area contributed by atoms with Crippen molar-refractivity contribution in [2.45, 2.75) is 18.7 Å². The Balaban J connectivity index is 1.46. The molecule has 3 rings (SSSR count). The van der Waals surface area contributed by atoms with E-state index in [1.54, 1.807) is 18.2 Å². The van der Waals surface area contributed by atoms with Crippen LogP contribution in [0.4, 0.5) is 0 Å². The van der Waals surface area contributed by atoms with E-state index >= 15 is 0 Å². The molecule has 2 N–H and O–H groups in total. The largest absolute Gasteiger partial charge is 0.484 e. The number of hydrogen-bond acceptors (Lipinski definition) is 7. The molecule has 0 bridgehead atoms. The Morgan fingerprint density at radius 3 is 3.11 bits per heavy atom. The number of hydrazone groups is 1. The number of carbonyl (C=O) groups excluding carboxylic acids is 1. The van der Waals surface area contributed by atoms with E-state index in [2.05, 4.69) is 25.7 Å². The quantitative estimate of drug-likeness (QED) is 0.338. The Morgan fingerprint density at radius 1 is 1.44 bits per heavy atom. The molecule has 8 nitrogen and oxygen atoms in total. The number of thioether (sulfide) groups is 1. The molecule has 0 aliphatic heterocycles. The number of furan rings is 1. The third kappa shape index (κ3) is 5.60. The zero-order chi connectivity index (χ0) is 19.1. The van der Waals surface area contributed by atoms with E-state index in [0.717, 1.165) is 5.56 Å². The van der Waals surface area contributed by atoms with Gasteiger partial charge in [0.05, 0.1) is 17.0 Å². The molecule has 0 aliphatic rings. The topological polar surface area (TPSA) is 105 Å². The van der Waals surface area contributed by atoms with Crippen LogP contribution in [0, 0.1) is 6.92 Å². The molecule has 2 aromatic heterocycles. The van der Waals surface area contributed by atoms with Gasteiger partial charge in [-0.3, -0.25) is 9.89 Å². The average Bonchev–Trinajstić information content (AvgIpc) is 3.31. The minimum absolute atomic E-state index is 0.168. The van der Waals surface area contributed by atoms with E-state index in [9.17, 15) is 4.79 Å². The summed E-state index contributed by atoms with van der Waals surface area (Å²) in [7, 11) is 0. The Kier molecular flexibility index (Phi) is 6.50. The van der Waals surface area contributed by atoms with Crippen molar-refractivity contribution in [1.82, 2.24) is 20.6 Å². The number of aryl methyl sites for hydroxylation is 1. The fourth-order valence-electron chi connectivity index (χ4n) is 2.08. The Hall–Kier alpha value is -2.78. The van der Waals surface area contributed by atoms with Crippen LogP contribution in [-0.4, -0.2) is 33.1 Å². The van der Waals surface area contributed by atoms with Crippen LogP contribution < -0.4 is 10.2 Å². The molecule has 27 heavy (non-hydrogen) atoms. The number of H-pyrrole nitrogens is 1. The lowest BCUT2D eigenvalue weighted by Crippen LogP contribution is -2.19. The monoisotopic (exact) mass is 405 g/mol. The summed E-state index contributed by atoms with van der Waals surface area (Å²) < 4.78 is 11.3. The lowest BCUT2D eigenvalue weighted by molar-refractivity contribution is -0.118. The van der Waals surface area contributed by atoms with Gasteiger partial charge in [-0.05, 0) is 30.7 Å². The van der Waals surface area contributed by atoms with Crippen LogP contribution in [-0.2, 0) is 11.4 Å². The number of nitrogens with one attached hydrogen (secondary N) is 2. The predicted octanol–water partition coefficient (Wildman–Crippen LogP) is 3.18. The summed E-state index contributed by atoms with van der Waals surface area (Å²) in [4.78, 5) is 15.6. The maximum absolute atomic E-state index is 11.7. The van der Waals surface area contributed by atoms with Gasteiger partial charge in [-0.1, -0.05) is 35.5 Å². The number of hydrogen-bond donors (Lipinski definition) is 2. The van der Waals surface area contributed by atoms with Gasteiger partial charge in [0.15, 0.2) is 5.16 Å². The van der Waals surface area contributed by atoms with Gasteiger partial charge in [0, 0.05) is 0 Å². The Bertz CT molecular complexity index is 906. The maximum atomic E-state index is 11.7. The first kappa shape index (κ1) is 19.0. The Labute approximate surface area is 164 Å². The van der Waals surface area contributed by atoms with Gasteiger partial charge < -0.3 is 9.15 Å². The molecule has 0 saturated carbocycles. The Morgan fingerprint density at radius 2 is 2.33 bits per heavy atom. The maximum Gasteiger partial charge on any atom is 0.250 e. The van der Waals surface area contributed by atoms with E-state index < -0.39 is 0 Å². The zero-order valence-corrected chi connectivity index (χ0v) is 15.9. The van der Waals surface area contributed by atoms with E-state index in [4.69, 9.17) is 20.8 Å². The first-order chi connectivity index (χ1) is 13.1. The molecule has 0 saturated heterocycles. The van der Waals surface area contributed by atoms with Crippen LogP contribution in [0.3, 0.4) is 0 Å². The van der Waals surface area contributed by atoms with Crippen molar-refractivity contribution < 1.29 is 13.9 Å². The van der Waals surface area contributed by atoms with Gasteiger partial charge in [-0.2, -0.15) is 10.2 Å². The number of carbonyl (C=O) groups is 1. The summed E-state index contributed by atoms with van der Waals surface area (Å²) in [6.07, 6.45) is 2.80. The van der Waals surface area contributed by atoms with Crippen LogP contribution in [0.25, 0.3) is 0 Å². The summed E-state index contributed by atoms with van der Waals surface area (Å²) in [6, 6.07) is 9.06. The first-order valence-electron chi connectivity index (χ1n) is 7.88. The lowest BCUT2D eigenvalue weighted by atomic mass is 10.2. The van der Waals surface area contributed by atoms with Crippen molar-refractivity contribution in [3.8, 4) is 5.75 Å². The molecule has 0 atom stereocenters. The fraction of sp³-hybridized carbons (Fsp3) is 0.176. The number of halogens is 1. The third-order valence-corrected chi connectivity index (χ3v) is 4.49. The molecular formula is C17H16ClN5O3S. The minimum Gasteiger partial charge on any atom is -0.484 e. The molecule has 0 aliphatic carbocycles. The second kappa shape index (κ2) is 9.24. The molecule has 3 aromatic rings. The average molecular weight is 406 g/mol. The highest BCUT2D eigenvalue weighted by atomic mass is 35.5. The second-order valence-electron chi connectivity index (χ2n) is 5.35. The van der Waals surface area contributed by atoms with Gasteiger partial charge in [0.1, 0.15) is 30.2 Å². The second-order valence-corrected chi connectivity index (χ2v) is 6.72. The third-order valence-electron chi connectivity index (χ3n) is 3.32. The number of amides is 1. The van der Waals surface area contributed by atoms with Crippen molar-refractivity contribution in [3.63, 3.8) is 0 Å². The van der Waals surface area contributed by atoms with Gasteiger partial charge in [0.25, 0.3) is 5.91 Å². The molecule has 0 radical (unpaired) electrons. The van der Waals surface area contributed by atoms with Crippen molar-refractivity contribution in [2.24, 2.45) is 5.10 Å². The van der Waals surface area contributed by atoms with Crippen LogP contribution in [0.1, 0.15) is 17.1 Å². The minimum atomic E-state index is -0.267. The summed E-state index contributed by atoms with van der Waals surface area (Å²) >= 11 is 7.36. The number of para-hydroxylation sites is 1. The number of ether oxygens (including phenoxy) is 1. The van der Waals surface area contributed by atoms with Crippen LogP contribution in [0.5, 0.6) is 5.75 Å². The summed E-state index contributed by atoms with van der Waals surface area (Å²) in [5.74, 6) is 1.64. The molecule has 0 unspecified atom stereocenters. The van der Waals surface area contributed by atoms with Gasteiger partial charge in [0.2, 0.25) is 0 Å². The molecule has 2 heterocycles. The van der Waals surface area contributed by atoms with Crippen LogP contribution >= 0.6 is 23.4 Å². The summed E-state index contributed by atoms with van der Waals surface area (Å²) in [6.45, 7) is 2.16. The summed E-state index contributed by atoms with van der Waals surface area (Å²) in [5, 5.41) is 11.3. The molecule has 0 fully saturated rings. The SMILES string of the molecule is Cc1cccc(Cl)c1OCc1ccc(/C=N/NC(=O)CSc2ncn[nH]2)o1. The zero-order valence-electron chi connectivity index (χ0n) is 14.3. The lowest BCUT2D eigenvalue weighted by Gasteiger charge is -2.09. The fourth-order valence-corrected chi connectivity index (χ4v) is 2.93. The smallest absolute Gasteiger partial charge is 0.250 e. The van der Waals surface area contributed by atoms with E-state index in [1.165, 1.54) is 24.3 Å². The molecule has 1 aromatic carbocycles. The number of rotatable bonds is 8. The van der Waals surface area contributed by atoms with Crippen molar-refractivity contribution >= 4 is 35.5 Å². The normalized spacial score (nSPS) is 11.0. The first-order valence-corrected chi connectivity index (χ1v) is 9.25. The van der Waals surface area contributed by atoms with Gasteiger partial charge >= 0.3 is 0 Å². The number of aromatic amines is 1. The predicted molar refractivity (Wildman–Crippen MR) is 102 cm³/mol. The van der Waals surface area contributed by atoms with Crippen molar-refractivity contribution in [2.75, 3.05) is 5.75 Å². The highest BCUT2D eigenvalue weighted by Crippen LogP contribution is 2.28. The summed E-state index contributed by atoms with van der Waals surface area (Å²) in [5.41, 5.74) is 3.36.